The van der Waals surface area contributed by atoms with Crippen molar-refractivity contribution >= 4 is 58.3 Å². The summed E-state index contributed by atoms with van der Waals surface area (Å²) in [4.78, 5) is 5.46. The van der Waals surface area contributed by atoms with Crippen LogP contribution in [0.1, 0.15) is 49.9 Å². The number of anilines is 4. The van der Waals surface area contributed by atoms with Gasteiger partial charge in [0, 0.05) is 44.7 Å². The number of fused-ring (bicyclic) bond motifs is 16. The van der Waals surface area contributed by atoms with E-state index in [-0.39, 0.29) is 24.5 Å². The molecule has 52 heavy (non-hydrogen) atoms. The lowest BCUT2D eigenvalue weighted by molar-refractivity contribution is 0.633. The molecule has 0 unspecified atom stereocenters. The van der Waals surface area contributed by atoms with Gasteiger partial charge in [0.05, 0.1) is 0 Å². The van der Waals surface area contributed by atoms with Crippen molar-refractivity contribution in [2.75, 3.05) is 9.62 Å². The average molecular weight is 660 g/mol. The molecule has 4 heteroatoms. The van der Waals surface area contributed by atoms with E-state index in [9.17, 15) is 0 Å². The minimum absolute atomic E-state index is 0.0783. The summed E-state index contributed by atoms with van der Waals surface area (Å²) in [5.41, 5.74) is 27.8. The van der Waals surface area contributed by atoms with Crippen molar-refractivity contribution in [1.82, 2.24) is 0 Å². The molecule has 0 aromatic heterocycles. The Labute approximate surface area is 305 Å². The quantitative estimate of drug-likeness (QED) is 0.150. The number of benzene rings is 7. The average Bonchev–Trinajstić information content (AvgIpc) is 3.69. The predicted molar refractivity (Wildman–Crippen MR) is 220 cm³/mol. The molecule has 0 radical (unpaired) electrons. The van der Waals surface area contributed by atoms with Gasteiger partial charge in [0.25, 0.3) is 0 Å². The third kappa shape index (κ3) is 2.86. The summed E-state index contributed by atoms with van der Waals surface area (Å²) in [5.74, 6) is 0. The summed E-state index contributed by atoms with van der Waals surface area (Å²) >= 11 is 0. The van der Waals surface area contributed by atoms with Crippen LogP contribution in [0.3, 0.4) is 0 Å². The Morgan fingerprint density at radius 3 is 1.17 bits per heavy atom. The maximum Gasteiger partial charge on any atom is 0.330 e. The summed E-state index contributed by atoms with van der Waals surface area (Å²) in [5, 5.41) is 0. The van der Waals surface area contributed by atoms with Gasteiger partial charge in [0.15, 0.2) is 0 Å². The third-order valence-electron chi connectivity index (χ3n) is 13.8. The summed E-state index contributed by atoms with van der Waals surface area (Å²) in [7, 11) is 0. The van der Waals surface area contributed by atoms with Crippen LogP contribution in [-0.4, -0.2) is 13.7 Å². The molecule has 0 saturated carbocycles. The summed E-state index contributed by atoms with van der Waals surface area (Å²) < 4.78 is 0. The van der Waals surface area contributed by atoms with E-state index in [0.29, 0.717) is 0 Å². The van der Waals surface area contributed by atoms with Gasteiger partial charge in [0.1, 0.15) is 0 Å². The Kier molecular flexibility index (Phi) is 4.74. The molecule has 0 N–H and O–H groups in total. The number of para-hydroxylation sites is 4. The van der Waals surface area contributed by atoms with Crippen molar-refractivity contribution in [3.05, 3.63) is 156 Å². The van der Waals surface area contributed by atoms with E-state index >= 15 is 0 Å². The van der Waals surface area contributed by atoms with E-state index in [1.165, 1.54) is 111 Å². The van der Waals surface area contributed by atoms with E-state index in [1.807, 2.05) is 0 Å². The van der Waals surface area contributed by atoms with Crippen LogP contribution < -0.4 is 31.5 Å². The molecule has 6 aliphatic rings. The van der Waals surface area contributed by atoms with Crippen molar-refractivity contribution < 1.29 is 0 Å². The molecular formula is C48H34B2N2. The van der Waals surface area contributed by atoms with E-state index in [2.05, 4.69) is 171 Å². The smallest absolute Gasteiger partial charge is 0.330 e. The molecule has 0 saturated heterocycles. The highest BCUT2D eigenvalue weighted by Crippen LogP contribution is 2.61. The first-order valence-electron chi connectivity index (χ1n) is 18.9. The van der Waals surface area contributed by atoms with Gasteiger partial charge in [-0.3, -0.25) is 0 Å². The first-order chi connectivity index (χ1) is 25.4. The van der Waals surface area contributed by atoms with Gasteiger partial charge in [-0.15, -0.1) is 0 Å². The van der Waals surface area contributed by atoms with Gasteiger partial charge in [-0.25, -0.2) is 0 Å². The molecule has 0 bridgehead atoms. The Hall–Kier alpha value is -5.73. The highest BCUT2D eigenvalue weighted by Gasteiger charge is 2.56. The van der Waals surface area contributed by atoms with E-state index in [1.54, 1.807) is 0 Å². The normalized spacial score (nSPS) is 17.0. The molecule has 7 aromatic carbocycles. The zero-order chi connectivity index (χ0) is 34.4. The van der Waals surface area contributed by atoms with Gasteiger partial charge in [0.2, 0.25) is 0 Å². The summed E-state index contributed by atoms with van der Waals surface area (Å²) in [6.45, 7) is 9.85. The molecule has 0 atom stereocenters. The van der Waals surface area contributed by atoms with Crippen LogP contribution in [-0.2, 0) is 10.8 Å². The Morgan fingerprint density at radius 2 is 0.712 bits per heavy atom. The van der Waals surface area contributed by atoms with Crippen molar-refractivity contribution in [2.24, 2.45) is 0 Å². The lowest BCUT2D eigenvalue weighted by Gasteiger charge is -2.50. The van der Waals surface area contributed by atoms with Crippen LogP contribution in [0.25, 0.3) is 44.5 Å². The molecule has 0 fully saturated rings. The van der Waals surface area contributed by atoms with Gasteiger partial charge in [-0.2, -0.15) is 0 Å². The fraction of sp³-hybridized carbons (Fsp3) is 0.125. The molecule has 242 valence electrons. The molecule has 13 rings (SSSR count). The highest BCUT2D eigenvalue weighted by molar-refractivity contribution is 6.99. The minimum atomic E-state index is -0.139. The molecule has 0 aliphatic carbocycles. The van der Waals surface area contributed by atoms with Gasteiger partial charge in [-0.1, -0.05) is 149 Å². The van der Waals surface area contributed by atoms with E-state index in [0.717, 1.165) is 0 Å². The first kappa shape index (κ1) is 27.9. The monoisotopic (exact) mass is 660 g/mol. The Morgan fingerprint density at radius 1 is 0.365 bits per heavy atom. The fourth-order valence-electron chi connectivity index (χ4n) is 11.7. The molecule has 0 amide bonds. The van der Waals surface area contributed by atoms with E-state index in [4.69, 9.17) is 0 Å². The number of nitrogens with zero attached hydrogens (tertiary/aromatic N) is 2. The second kappa shape index (κ2) is 8.82. The number of hydrogen-bond acceptors (Lipinski definition) is 2. The molecule has 6 heterocycles. The van der Waals surface area contributed by atoms with E-state index < -0.39 is 0 Å². The lowest BCUT2D eigenvalue weighted by Crippen LogP contribution is -2.59. The number of hydrogen-bond donors (Lipinski definition) is 0. The van der Waals surface area contributed by atoms with Crippen molar-refractivity contribution in [3.63, 3.8) is 0 Å². The van der Waals surface area contributed by atoms with Crippen LogP contribution in [0.2, 0.25) is 0 Å². The Balaban J connectivity index is 1.27. The molecular weight excluding hydrogens is 626 g/mol. The van der Waals surface area contributed by atoms with Crippen molar-refractivity contribution in [1.29, 1.82) is 0 Å². The first-order valence-corrected chi connectivity index (χ1v) is 18.9. The third-order valence-corrected chi connectivity index (χ3v) is 13.8. The SMILES string of the molecule is CC1(C)c2ccccc2N2B3c4ccccc4-c4c3c(c3c5c4-c4ccccc4B5N4c5ccccc5C(C)(C)c5cccc-3c54)-c3cccc1c32. The molecule has 2 nitrogen and oxygen atoms in total. The topological polar surface area (TPSA) is 6.48 Å². The largest absolute Gasteiger partial charge is 0.376 e. The van der Waals surface area contributed by atoms with Gasteiger partial charge >= 0.3 is 13.7 Å². The number of rotatable bonds is 0. The fourth-order valence-corrected chi connectivity index (χ4v) is 11.7. The molecule has 6 aliphatic heterocycles. The zero-order valence-corrected chi connectivity index (χ0v) is 29.8. The van der Waals surface area contributed by atoms with Gasteiger partial charge < -0.3 is 9.62 Å². The Bertz CT molecular complexity index is 2650. The minimum Gasteiger partial charge on any atom is -0.376 e. The molecule has 7 aromatic rings. The molecule has 0 spiro atoms. The van der Waals surface area contributed by atoms with Crippen molar-refractivity contribution in [3.8, 4) is 44.5 Å². The van der Waals surface area contributed by atoms with Crippen molar-refractivity contribution in [2.45, 2.75) is 38.5 Å². The maximum atomic E-state index is 2.73. The second-order valence-corrected chi connectivity index (χ2v) is 16.7. The van der Waals surface area contributed by atoms with Crippen LogP contribution in [0.5, 0.6) is 0 Å². The second-order valence-electron chi connectivity index (χ2n) is 16.7. The van der Waals surface area contributed by atoms with Gasteiger partial charge in [-0.05, 0) is 89.6 Å². The van der Waals surface area contributed by atoms with Crippen LogP contribution in [0, 0.1) is 0 Å². The van der Waals surface area contributed by atoms with Crippen LogP contribution in [0.4, 0.5) is 22.7 Å². The standard InChI is InChI=1S/C48H34B2N2/c1-47(2)31-19-7-11-25-37(31)51-45-29(17-13-21-33(45)47)41-42-30-18-14-22-34-46(30)52(38-26-12-8-20-32(38)48(34,3)4)50-36-24-10-6-16-28(36)40(44(42)50)39-27-15-5-9-23-35(27)49(51)43(39)41/h5-26H,1-4H3. The predicted octanol–water partition coefficient (Wildman–Crippen LogP) is 8.77. The summed E-state index contributed by atoms with van der Waals surface area (Å²) in [6.07, 6.45) is 0. The zero-order valence-electron chi connectivity index (χ0n) is 29.8. The maximum absolute atomic E-state index is 2.73. The lowest BCUT2D eigenvalue weighted by atomic mass is 9.43. The van der Waals surface area contributed by atoms with Crippen LogP contribution in [0.15, 0.2) is 133 Å². The van der Waals surface area contributed by atoms with Crippen LogP contribution >= 0.6 is 0 Å². The highest BCUT2D eigenvalue weighted by atomic mass is 15.1. The summed E-state index contributed by atoms with van der Waals surface area (Å²) in [6, 6.07) is 51.4.